The van der Waals surface area contributed by atoms with Crippen molar-refractivity contribution in [3.63, 3.8) is 0 Å². The highest BCUT2D eigenvalue weighted by atomic mass is 32.1. The number of hydrogen-bond donors (Lipinski definition) is 0. The van der Waals surface area contributed by atoms with Crippen LogP contribution in [-0.4, -0.2) is 90.7 Å². The van der Waals surface area contributed by atoms with Crippen molar-refractivity contribution in [3.8, 4) is 17.1 Å². The van der Waals surface area contributed by atoms with E-state index in [4.69, 9.17) is 28.9 Å². The van der Waals surface area contributed by atoms with E-state index in [2.05, 4.69) is 20.9 Å². The molecule has 0 N–H and O–H groups in total. The summed E-state index contributed by atoms with van der Waals surface area (Å²) in [4.78, 5) is 50.7. The van der Waals surface area contributed by atoms with Crippen LogP contribution in [-0.2, 0) is 20.8 Å². The summed E-state index contributed by atoms with van der Waals surface area (Å²) in [6, 6.07) is 7.72. The second-order valence-electron chi connectivity index (χ2n) is 11.9. The van der Waals surface area contributed by atoms with E-state index in [9.17, 15) is 9.59 Å². The molecule has 1 amide bonds. The molecule has 1 saturated heterocycles. The summed E-state index contributed by atoms with van der Waals surface area (Å²) >= 11 is 1.62. The fraction of sp³-hybridized carbons (Fsp3) is 0.438. The Kier molecular flexibility index (Phi) is 8.91. The van der Waals surface area contributed by atoms with Gasteiger partial charge >= 0.3 is 12.1 Å². The third-order valence-electron chi connectivity index (χ3n) is 7.29. The number of benzene rings is 1. The highest BCUT2D eigenvalue weighted by Gasteiger charge is 2.29. The number of esters is 1. The molecular weight excluding hydrogens is 610 g/mol. The molecule has 2 aliphatic rings. The lowest BCUT2D eigenvalue weighted by molar-refractivity contribution is 0.0523. The molecule has 0 aliphatic carbocycles. The van der Waals surface area contributed by atoms with Gasteiger partial charge in [0.25, 0.3) is 0 Å². The molecule has 5 heterocycles. The van der Waals surface area contributed by atoms with E-state index in [0.29, 0.717) is 74.8 Å². The van der Waals surface area contributed by atoms with Crippen LogP contribution in [0.25, 0.3) is 21.6 Å². The van der Waals surface area contributed by atoms with Gasteiger partial charge in [0, 0.05) is 43.0 Å². The smallest absolute Gasteiger partial charge is 0.415 e. The maximum atomic E-state index is 13.1. The van der Waals surface area contributed by atoms with Crippen LogP contribution in [0, 0.1) is 0 Å². The summed E-state index contributed by atoms with van der Waals surface area (Å²) in [5.41, 5.74) is 1.88. The first-order valence-electron chi connectivity index (χ1n) is 15.2. The Hall–Kier alpha value is -4.56. The van der Waals surface area contributed by atoms with Crippen LogP contribution in [0.5, 0.6) is 5.75 Å². The molecule has 0 radical (unpaired) electrons. The van der Waals surface area contributed by atoms with Gasteiger partial charge in [-0.3, -0.25) is 4.90 Å². The van der Waals surface area contributed by atoms with Crippen molar-refractivity contribution < 1.29 is 28.5 Å². The minimum atomic E-state index is -0.628. The fourth-order valence-electron chi connectivity index (χ4n) is 5.17. The number of hydrogen-bond acceptors (Lipinski definition) is 13. The lowest BCUT2D eigenvalue weighted by atomic mass is 10.1. The number of aromatic nitrogens is 4. The third kappa shape index (κ3) is 6.82. The number of carbonyl (C=O) groups is 2. The van der Waals surface area contributed by atoms with Crippen LogP contribution in [0.2, 0.25) is 0 Å². The maximum absolute atomic E-state index is 13.1. The molecule has 6 rings (SSSR count). The van der Waals surface area contributed by atoms with Crippen LogP contribution >= 0.6 is 11.3 Å². The van der Waals surface area contributed by atoms with Gasteiger partial charge in [0.15, 0.2) is 11.6 Å². The van der Waals surface area contributed by atoms with Crippen LogP contribution < -0.4 is 19.4 Å². The number of morpholine rings is 1. The molecule has 14 heteroatoms. The SMILES string of the molecule is CCOC(=O)c1cnc(N(C)Cc2cc3nc(-c4ccc5c(c4)N(C(=O)OC(C)(C)C)CCO5)nc(N4CCOCC4)c3s2)nc1. The monoisotopic (exact) mass is 647 g/mol. The molecule has 0 saturated carbocycles. The normalized spacial score (nSPS) is 14.9. The molecular formula is C32H37N7O6S. The quantitative estimate of drug-likeness (QED) is 0.252. The first-order chi connectivity index (χ1) is 22.1. The minimum absolute atomic E-state index is 0.287. The molecule has 1 fully saturated rings. The van der Waals surface area contributed by atoms with E-state index in [-0.39, 0.29) is 6.61 Å². The van der Waals surface area contributed by atoms with Crippen molar-refractivity contribution in [1.29, 1.82) is 0 Å². The topological polar surface area (TPSA) is 132 Å². The van der Waals surface area contributed by atoms with Crippen molar-refractivity contribution in [2.45, 2.75) is 39.8 Å². The van der Waals surface area contributed by atoms with Crippen molar-refractivity contribution in [1.82, 2.24) is 19.9 Å². The molecule has 0 atom stereocenters. The summed E-state index contributed by atoms with van der Waals surface area (Å²) in [5, 5.41) is 0. The van der Waals surface area contributed by atoms with Crippen LogP contribution in [0.15, 0.2) is 36.7 Å². The average Bonchev–Trinajstić information content (AvgIpc) is 3.45. The summed E-state index contributed by atoms with van der Waals surface area (Å²) in [6.07, 6.45) is 2.53. The number of rotatable bonds is 7. The Morgan fingerprint density at radius 2 is 1.80 bits per heavy atom. The maximum Gasteiger partial charge on any atom is 0.415 e. The van der Waals surface area contributed by atoms with Gasteiger partial charge in [-0.05, 0) is 52.0 Å². The van der Waals surface area contributed by atoms with E-state index in [1.54, 1.807) is 23.2 Å². The van der Waals surface area contributed by atoms with E-state index >= 15 is 0 Å². The zero-order chi connectivity index (χ0) is 32.4. The highest BCUT2D eigenvalue weighted by molar-refractivity contribution is 7.19. The summed E-state index contributed by atoms with van der Waals surface area (Å²) in [6.45, 7) is 11.5. The van der Waals surface area contributed by atoms with Crippen molar-refractivity contribution >= 4 is 51.1 Å². The number of fused-ring (bicyclic) bond motifs is 2. The molecule has 3 aromatic heterocycles. The van der Waals surface area contributed by atoms with Gasteiger partial charge < -0.3 is 28.7 Å². The summed E-state index contributed by atoms with van der Waals surface area (Å²) < 4.78 is 23.2. The second kappa shape index (κ2) is 13.0. The molecule has 0 spiro atoms. The number of carbonyl (C=O) groups excluding carboxylic acids is 2. The van der Waals surface area contributed by atoms with Gasteiger partial charge in [0.1, 0.15) is 18.0 Å². The second-order valence-corrected chi connectivity index (χ2v) is 13.0. The Morgan fingerprint density at radius 1 is 1.04 bits per heavy atom. The number of amides is 1. The molecule has 46 heavy (non-hydrogen) atoms. The Bertz CT molecular complexity index is 1730. The van der Waals surface area contributed by atoms with Gasteiger partial charge in [-0.25, -0.2) is 29.5 Å². The van der Waals surface area contributed by atoms with Crippen LogP contribution in [0.1, 0.15) is 42.9 Å². The number of anilines is 3. The van der Waals surface area contributed by atoms with Gasteiger partial charge in [0.05, 0.1) is 54.4 Å². The first kappa shape index (κ1) is 31.4. The van der Waals surface area contributed by atoms with Gasteiger partial charge in [-0.1, -0.05) is 0 Å². The van der Waals surface area contributed by atoms with Crippen molar-refractivity contribution in [2.75, 3.05) is 67.8 Å². The summed E-state index contributed by atoms with van der Waals surface area (Å²) in [7, 11) is 1.90. The van der Waals surface area contributed by atoms with Gasteiger partial charge in [-0.15, -0.1) is 11.3 Å². The number of nitrogens with zero attached hydrogens (tertiary/aromatic N) is 7. The standard InChI is InChI=1S/C32H37N7O6S/c1-6-43-29(40)21-17-33-30(34-18-21)37(5)19-22-16-23-26(46-22)28(38-9-12-42-13-10-38)36-27(35-23)20-7-8-25-24(15-20)39(11-14-44-25)31(41)45-32(2,3)4/h7-8,15-18H,6,9-14,19H2,1-5H3. The molecule has 1 aromatic carbocycles. The zero-order valence-corrected chi connectivity index (χ0v) is 27.4. The Labute approximate surface area is 271 Å². The molecule has 4 aromatic rings. The predicted molar refractivity (Wildman–Crippen MR) is 175 cm³/mol. The molecule has 0 unspecified atom stereocenters. The van der Waals surface area contributed by atoms with E-state index < -0.39 is 17.7 Å². The Morgan fingerprint density at radius 3 is 2.52 bits per heavy atom. The average molecular weight is 648 g/mol. The number of thiophene rings is 1. The molecule has 13 nitrogen and oxygen atoms in total. The lowest BCUT2D eigenvalue weighted by Gasteiger charge is -2.32. The van der Waals surface area contributed by atoms with E-state index in [1.807, 2.05) is 50.9 Å². The molecule has 0 bridgehead atoms. The third-order valence-corrected chi connectivity index (χ3v) is 8.40. The molecule has 2 aliphatic heterocycles. The van der Waals surface area contributed by atoms with Gasteiger partial charge in [-0.2, -0.15) is 0 Å². The molecule has 242 valence electrons. The van der Waals surface area contributed by atoms with E-state index in [1.165, 1.54) is 12.4 Å². The fourth-order valence-corrected chi connectivity index (χ4v) is 6.33. The number of ether oxygens (including phenoxy) is 4. The highest BCUT2D eigenvalue weighted by Crippen LogP contribution is 2.39. The van der Waals surface area contributed by atoms with Crippen LogP contribution in [0.3, 0.4) is 0 Å². The van der Waals surface area contributed by atoms with Crippen molar-refractivity contribution in [2.24, 2.45) is 0 Å². The van der Waals surface area contributed by atoms with Crippen molar-refractivity contribution in [3.05, 3.63) is 47.1 Å². The Balaban J connectivity index is 1.33. The minimum Gasteiger partial charge on any atom is -0.490 e. The predicted octanol–water partition coefficient (Wildman–Crippen LogP) is 4.93. The van der Waals surface area contributed by atoms with Gasteiger partial charge in [0.2, 0.25) is 5.95 Å². The zero-order valence-electron chi connectivity index (χ0n) is 26.6. The summed E-state index contributed by atoms with van der Waals surface area (Å²) in [5.74, 6) is 2.03. The van der Waals surface area contributed by atoms with E-state index in [0.717, 1.165) is 26.5 Å². The van der Waals surface area contributed by atoms with Crippen LogP contribution in [0.4, 0.5) is 22.2 Å². The first-order valence-corrected chi connectivity index (χ1v) is 16.0. The lowest BCUT2D eigenvalue weighted by Crippen LogP contribution is -2.41. The largest absolute Gasteiger partial charge is 0.490 e.